The molecule has 6 nitrogen and oxygen atoms in total. The van der Waals surface area contributed by atoms with Gasteiger partial charge in [0.15, 0.2) is 0 Å². The summed E-state index contributed by atoms with van der Waals surface area (Å²) < 4.78 is 39.6. The van der Waals surface area contributed by atoms with E-state index in [-0.39, 0.29) is 23.7 Å². The Hall–Kier alpha value is -2.58. The standard InChI is InChI=1S/C29H36FN3O3S/c1-28(2,33-37(4,35)36)17-32-27(34)19-6-7-22-18(13-19)5-8-24-23(22)11-12-29(3)25(9-10-26(24)29)20-14-21(30)16-31-15-20/h6-7,9,13-16,23-24,26,33H,5,8,10-12,17H2,1-4H3,(H,32,34). The van der Waals surface area contributed by atoms with Gasteiger partial charge in [0.25, 0.3) is 5.91 Å². The summed E-state index contributed by atoms with van der Waals surface area (Å²) >= 11 is 0. The van der Waals surface area contributed by atoms with Gasteiger partial charge >= 0.3 is 0 Å². The van der Waals surface area contributed by atoms with Crippen molar-refractivity contribution in [3.8, 4) is 0 Å². The topological polar surface area (TPSA) is 88.2 Å². The first-order valence-corrected chi connectivity index (χ1v) is 15.0. The number of hydrogen-bond donors (Lipinski definition) is 2. The van der Waals surface area contributed by atoms with E-state index < -0.39 is 15.6 Å². The molecule has 1 heterocycles. The molecule has 4 unspecified atom stereocenters. The number of sulfonamides is 1. The average molecular weight is 526 g/mol. The zero-order valence-corrected chi connectivity index (χ0v) is 22.8. The van der Waals surface area contributed by atoms with Gasteiger partial charge in [-0.15, -0.1) is 0 Å². The third kappa shape index (κ3) is 5.10. The Balaban J connectivity index is 1.30. The van der Waals surface area contributed by atoms with Crippen molar-refractivity contribution < 1.29 is 17.6 Å². The van der Waals surface area contributed by atoms with Crippen LogP contribution in [0.1, 0.15) is 79.4 Å². The number of rotatable bonds is 6. The first-order valence-electron chi connectivity index (χ1n) is 13.1. The first-order chi connectivity index (χ1) is 17.4. The van der Waals surface area contributed by atoms with Crippen LogP contribution in [0.3, 0.4) is 0 Å². The molecule has 3 aliphatic carbocycles. The summed E-state index contributed by atoms with van der Waals surface area (Å²) in [6.45, 7) is 6.02. The van der Waals surface area contributed by atoms with Crippen LogP contribution in [-0.2, 0) is 16.4 Å². The van der Waals surface area contributed by atoms with Crippen molar-refractivity contribution in [3.05, 3.63) is 70.8 Å². The van der Waals surface area contributed by atoms with Crippen molar-refractivity contribution in [2.24, 2.45) is 17.3 Å². The lowest BCUT2D eigenvalue weighted by molar-refractivity contribution is 0.0884. The van der Waals surface area contributed by atoms with E-state index >= 15 is 0 Å². The number of hydrogen-bond acceptors (Lipinski definition) is 4. The average Bonchev–Trinajstić information content (AvgIpc) is 3.18. The van der Waals surface area contributed by atoms with Crippen LogP contribution < -0.4 is 10.0 Å². The van der Waals surface area contributed by atoms with Crippen LogP contribution in [0.4, 0.5) is 4.39 Å². The molecule has 5 rings (SSSR count). The lowest BCUT2D eigenvalue weighted by Crippen LogP contribution is -2.51. The second kappa shape index (κ2) is 9.31. The van der Waals surface area contributed by atoms with E-state index in [4.69, 9.17) is 0 Å². The fourth-order valence-corrected chi connectivity index (χ4v) is 8.31. The number of aromatic nitrogens is 1. The number of benzene rings is 1. The number of halogens is 1. The van der Waals surface area contributed by atoms with E-state index in [1.165, 1.54) is 22.9 Å². The summed E-state index contributed by atoms with van der Waals surface area (Å²) in [4.78, 5) is 17.0. The van der Waals surface area contributed by atoms with Crippen LogP contribution in [0.25, 0.3) is 5.57 Å². The molecule has 1 aromatic heterocycles. The number of pyridine rings is 1. The number of amides is 1. The fourth-order valence-electron chi connectivity index (χ4n) is 7.24. The monoisotopic (exact) mass is 525 g/mol. The number of nitrogens with one attached hydrogen (secondary N) is 2. The highest BCUT2D eigenvalue weighted by molar-refractivity contribution is 7.88. The van der Waals surface area contributed by atoms with Gasteiger partial charge in [-0.1, -0.05) is 19.1 Å². The summed E-state index contributed by atoms with van der Waals surface area (Å²) in [7, 11) is -3.37. The molecular weight excluding hydrogens is 489 g/mol. The minimum atomic E-state index is -3.37. The molecule has 0 bridgehead atoms. The van der Waals surface area contributed by atoms with Crippen LogP contribution in [0, 0.1) is 23.1 Å². The molecule has 198 valence electrons. The van der Waals surface area contributed by atoms with Gasteiger partial charge in [0.2, 0.25) is 10.0 Å². The van der Waals surface area contributed by atoms with Gasteiger partial charge in [0.05, 0.1) is 12.5 Å². The summed E-state index contributed by atoms with van der Waals surface area (Å²) in [6, 6.07) is 7.66. The summed E-state index contributed by atoms with van der Waals surface area (Å²) in [6.07, 6.45) is 11.6. The smallest absolute Gasteiger partial charge is 0.251 e. The van der Waals surface area contributed by atoms with E-state index in [0.717, 1.165) is 43.9 Å². The van der Waals surface area contributed by atoms with E-state index in [9.17, 15) is 17.6 Å². The number of fused-ring (bicyclic) bond motifs is 5. The van der Waals surface area contributed by atoms with Crippen molar-refractivity contribution >= 4 is 21.5 Å². The van der Waals surface area contributed by atoms with Crippen molar-refractivity contribution in [2.75, 3.05) is 12.8 Å². The molecule has 0 aliphatic heterocycles. The maximum Gasteiger partial charge on any atom is 0.251 e. The number of allylic oxidation sites excluding steroid dienone is 2. The van der Waals surface area contributed by atoms with E-state index in [0.29, 0.717) is 23.3 Å². The minimum Gasteiger partial charge on any atom is -0.350 e. The summed E-state index contributed by atoms with van der Waals surface area (Å²) in [5.74, 6) is 1.06. The molecule has 2 N–H and O–H groups in total. The summed E-state index contributed by atoms with van der Waals surface area (Å²) in [5, 5.41) is 2.88. The van der Waals surface area contributed by atoms with Crippen molar-refractivity contribution in [1.29, 1.82) is 0 Å². The molecular formula is C29H36FN3O3S. The third-order valence-corrected chi connectivity index (χ3v) is 9.66. The van der Waals surface area contributed by atoms with Crippen molar-refractivity contribution in [3.63, 3.8) is 0 Å². The van der Waals surface area contributed by atoms with Crippen LogP contribution in [-0.4, -0.2) is 37.6 Å². The zero-order valence-electron chi connectivity index (χ0n) is 22.0. The zero-order chi connectivity index (χ0) is 26.6. The molecule has 4 atom stereocenters. The number of nitrogens with zero attached hydrogens (tertiary/aromatic N) is 1. The molecule has 8 heteroatoms. The molecule has 1 aromatic carbocycles. The quantitative estimate of drug-likeness (QED) is 0.566. The molecule has 1 fully saturated rings. The second-order valence-electron chi connectivity index (χ2n) is 12.0. The largest absolute Gasteiger partial charge is 0.350 e. The molecule has 1 amide bonds. The molecule has 1 saturated carbocycles. The molecule has 0 spiro atoms. The van der Waals surface area contributed by atoms with E-state index in [1.54, 1.807) is 26.1 Å². The molecule has 2 aromatic rings. The fraction of sp³-hybridized carbons (Fsp3) is 0.517. The Morgan fingerprint density at radius 1 is 1.22 bits per heavy atom. The van der Waals surface area contributed by atoms with Gasteiger partial charge in [-0.05, 0) is 110 Å². The SMILES string of the molecule is CC(C)(CNC(=O)c1ccc2c(c1)CCC1C2CCC2(C)C(c3cncc(F)c3)=CCC12)NS(C)(=O)=O. The first kappa shape index (κ1) is 26.0. The van der Waals surface area contributed by atoms with Crippen molar-refractivity contribution in [1.82, 2.24) is 15.0 Å². The van der Waals surface area contributed by atoms with E-state index in [2.05, 4.69) is 34.1 Å². The second-order valence-corrected chi connectivity index (χ2v) is 13.7. The summed E-state index contributed by atoms with van der Waals surface area (Å²) in [5.41, 5.74) is 4.60. The Labute approximate surface area is 219 Å². The van der Waals surface area contributed by atoms with E-state index in [1.807, 2.05) is 12.1 Å². The number of carbonyl (C=O) groups excluding carboxylic acids is 1. The number of carbonyl (C=O) groups is 1. The lowest BCUT2D eigenvalue weighted by atomic mass is 9.54. The van der Waals surface area contributed by atoms with Crippen LogP contribution in [0.5, 0.6) is 0 Å². The highest BCUT2D eigenvalue weighted by atomic mass is 32.2. The van der Waals surface area contributed by atoms with Gasteiger partial charge in [0.1, 0.15) is 5.82 Å². The molecule has 0 saturated heterocycles. The Morgan fingerprint density at radius 2 is 2.00 bits per heavy atom. The van der Waals surface area contributed by atoms with Gasteiger partial charge in [0, 0.05) is 23.8 Å². The van der Waals surface area contributed by atoms with Crippen molar-refractivity contribution in [2.45, 2.75) is 64.3 Å². The maximum atomic E-state index is 13.9. The Kier molecular flexibility index (Phi) is 6.55. The van der Waals surface area contributed by atoms with Gasteiger partial charge in [-0.25, -0.2) is 17.5 Å². The predicted octanol–water partition coefficient (Wildman–Crippen LogP) is 4.83. The normalized spacial score (nSPS) is 27.1. The highest BCUT2D eigenvalue weighted by Gasteiger charge is 2.52. The van der Waals surface area contributed by atoms with Gasteiger partial charge in [-0.3, -0.25) is 9.78 Å². The predicted molar refractivity (Wildman–Crippen MR) is 143 cm³/mol. The maximum absolute atomic E-state index is 13.9. The molecule has 3 aliphatic rings. The Bertz CT molecular complexity index is 1370. The van der Waals surface area contributed by atoms with Crippen LogP contribution in [0.2, 0.25) is 0 Å². The van der Waals surface area contributed by atoms with Gasteiger partial charge < -0.3 is 5.32 Å². The van der Waals surface area contributed by atoms with Crippen LogP contribution in [0.15, 0.2) is 42.7 Å². The van der Waals surface area contributed by atoms with Crippen LogP contribution >= 0.6 is 0 Å². The molecule has 37 heavy (non-hydrogen) atoms. The lowest BCUT2D eigenvalue weighted by Gasteiger charge is -2.50. The highest BCUT2D eigenvalue weighted by Crippen LogP contribution is 2.63. The minimum absolute atomic E-state index is 0.0285. The Morgan fingerprint density at radius 3 is 2.73 bits per heavy atom. The molecule has 0 radical (unpaired) electrons. The van der Waals surface area contributed by atoms with Gasteiger partial charge in [-0.2, -0.15) is 0 Å². The number of aryl methyl sites for hydroxylation is 1. The third-order valence-electron chi connectivity index (χ3n) is 8.74.